The van der Waals surface area contributed by atoms with E-state index in [1.54, 1.807) is 19.2 Å². The van der Waals surface area contributed by atoms with E-state index in [2.05, 4.69) is 15.6 Å². The molecular formula is C22H29ClN6O8S. The molecule has 2 aromatic rings. The van der Waals surface area contributed by atoms with E-state index < -0.39 is 46.7 Å². The molecule has 3 rings (SSSR count). The van der Waals surface area contributed by atoms with Gasteiger partial charge in [0.1, 0.15) is 22.7 Å². The molecule has 0 spiro atoms. The van der Waals surface area contributed by atoms with Crippen LogP contribution < -0.4 is 15.9 Å². The number of carboxylic acid groups (broad SMARTS) is 1. The predicted molar refractivity (Wildman–Crippen MR) is 136 cm³/mol. The lowest BCUT2D eigenvalue weighted by Gasteiger charge is -2.36. The fourth-order valence-electron chi connectivity index (χ4n) is 3.96. The number of carbonyl (C=O) groups is 3. The number of carbonyl (C=O) groups excluding carboxylic acids is 2. The zero-order chi connectivity index (χ0) is 27.3. The highest BCUT2D eigenvalue weighted by atomic mass is 35.5. The number of ether oxygens (including phenoxy) is 1. The van der Waals surface area contributed by atoms with Gasteiger partial charge in [0, 0.05) is 20.0 Å². The lowest BCUT2D eigenvalue weighted by Crippen LogP contribution is -2.49. The largest absolute Gasteiger partial charge is 0.480 e. The molecule has 0 unspecified atom stereocenters. The first-order chi connectivity index (χ1) is 17.4. The second-order valence-corrected chi connectivity index (χ2v) is 10.1. The number of aromatic nitrogens is 1. The van der Waals surface area contributed by atoms with Crippen LogP contribution in [0, 0.1) is 13.8 Å². The van der Waals surface area contributed by atoms with E-state index in [4.69, 9.17) is 15.1 Å². The summed E-state index contributed by atoms with van der Waals surface area (Å²) in [5.74, 6) is 3.05. The molecule has 0 aliphatic carbocycles. The van der Waals surface area contributed by atoms with E-state index in [9.17, 15) is 27.9 Å². The van der Waals surface area contributed by atoms with Gasteiger partial charge in [-0.2, -0.15) is 9.82 Å². The number of halogens is 1. The highest BCUT2D eigenvalue weighted by Crippen LogP contribution is 2.32. The SMILES string of the molecule is Cc1noc(C)c1S(=O)(=O)N[C@@H](CNC(=O)C[C@@H]1C[C@H](c2ccc(C=NN)cc2)N(C)C(=O)O1)C(=O)O.Cl. The van der Waals surface area contributed by atoms with Gasteiger partial charge < -0.3 is 30.4 Å². The Morgan fingerprint density at radius 3 is 2.53 bits per heavy atom. The van der Waals surface area contributed by atoms with Crippen LogP contribution in [0.1, 0.15) is 41.5 Å². The average molecular weight is 573 g/mol. The van der Waals surface area contributed by atoms with Crippen molar-refractivity contribution in [1.82, 2.24) is 20.1 Å². The Morgan fingerprint density at radius 2 is 1.97 bits per heavy atom. The third-order valence-electron chi connectivity index (χ3n) is 5.80. The summed E-state index contributed by atoms with van der Waals surface area (Å²) in [7, 11) is -2.70. The monoisotopic (exact) mass is 572 g/mol. The Morgan fingerprint density at radius 1 is 1.32 bits per heavy atom. The number of cyclic esters (lactones) is 1. The number of hydrogen-bond acceptors (Lipinski definition) is 10. The molecule has 208 valence electrons. The third kappa shape index (κ3) is 7.20. The van der Waals surface area contributed by atoms with Crippen LogP contribution >= 0.6 is 12.4 Å². The molecule has 5 N–H and O–H groups in total. The second kappa shape index (κ2) is 12.7. The quantitative estimate of drug-likeness (QED) is 0.179. The number of nitrogens with zero attached hydrogens (tertiary/aromatic N) is 3. The first-order valence-corrected chi connectivity index (χ1v) is 12.6. The molecule has 3 atom stereocenters. The number of carboxylic acids is 1. The molecule has 14 nitrogen and oxygen atoms in total. The van der Waals surface area contributed by atoms with Crippen LogP contribution in [-0.4, -0.2) is 73.5 Å². The maximum Gasteiger partial charge on any atom is 0.410 e. The molecule has 1 aliphatic heterocycles. The highest BCUT2D eigenvalue weighted by Gasteiger charge is 2.35. The lowest BCUT2D eigenvalue weighted by molar-refractivity contribution is -0.138. The molecule has 0 radical (unpaired) electrons. The number of nitrogens with two attached hydrogens (primary N) is 1. The van der Waals surface area contributed by atoms with Gasteiger partial charge in [0.15, 0.2) is 5.76 Å². The standard InChI is InChI=1S/C22H28N6O8S.ClH/c1-12-20(13(2)36-26-12)37(33,34)27-17(21(30)31)11-24-19(29)9-16-8-18(28(3)22(32)35-16)15-6-4-14(5-7-15)10-25-23;/h4-7,10,16-18,27H,8-9,11,23H2,1-3H3,(H,24,29)(H,30,31);1H/t16-,17-,18+;/m0./s1. The van der Waals surface area contributed by atoms with Crippen molar-refractivity contribution in [2.75, 3.05) is 13.6 Å². The molecule has 0 saturated carbocycles. The van der Waals surface area contributed by atoms with Gasteiger partial charge in [-0.25, -0.2) is 13.2 Å². The molecule has 1 aliphatic rings. The van der Waals surface area contributed by atoms with E-state index >= 15 is 0 Å². The Labute approximate surface area is 225 Å². The molecule has 0 bridgehead atoms. The number of rotatable bonds is 10. The number of sulfonamides is 1. The molecular weight excluding hydrogens is 544 g/mol. The molecule has 1 aromatic heterocycles. The fraction of sp³-hybridized carbons (Fsp3) is 0.409. The maximum atomic E-state index is 12.6. The fourth-order valence-corrected chi connectivity index (χ4v) is 5.48. The van der Waals surface area contributed by atoms with Crippen molar-refractivity contribution in [3.8, 4) is 0 Å². The van der Waals surface area contributed by atoms with Crippen molar-refractivity contribution in [3.63, 3.8) is 0 Å². The Kier molecular flexibility index (Phi) is 10.2. The van der Waals surface area contributed by atoms with Crippen LogP contribution in [0.15, 0.2) is 38.8 Å². The second-order valence-electron chi connectivity index (χ2n) is 8.49. The van der Waals surface area contributed by atoms with E-state index in [1.165, 1.54) is 25.0 Å². The number of aliphatic carboxylic acids is 1. The summed E-state index contributed by atoms with van der Waals surface area (Å²) in [6.45, 7) is 2.25. The summed E-state index contributed by atoms with van der Waals surface area (Å²) in [5.41, 5.74) is 1.67. The minimum atomic E-state index is -4.28. The Bertz CT molecular complexity index is 1280. The van der Waals surface area contributed by atoms with Gasteiger partial charge in [-0.3, -0.25) is 9.59 Å². The van der Waals surface area contributed by atoms with Gasteiger partial charge in [0.05, 0.1) is 18.7 Å². The van der Waals surface area contributed by atoms with Gasteiger partial charge in [0.25, 0.3) is 0 Å². The summed E-state index contributed by atoms with van der Waals surface area (Å²) in [6.07, 6.45) is 0.158. The summed E-state index contributed by atoms with van der Waals surface area (Å²) in [4.78, 5) is 37.7. The third-order valence-corrected chi connectivity index (χ3v) is 7.52. The van der Waals surface area contributed by atoms with Crippen molar-refractivity contribution in [2.45, 2.75) is 49.8 Å². The number of benzene rings is 1. The van der Waals surface area contributed by atoms with Crippen LogP contribution in [0.25, 0.3) is 0 Å². The normalized spacial score (nSPS) is 18.5. The summed E-state index contributed by atoms with van der Waals surface area (Å²) >= 11 is 0. The van der Waals surface area contributed by atoms with Gasteiger partial charge in [0.2, 0.25) is 15.9 Å². The topological polar surface area (TPSA) is 207 Å². The first-order valence-electron chi connectivity index (χ1n) is 11.1. The van der Waals surface area contributed by atoms with Gasteiger partial charge in [-0.1, -0.05) is 29.4 Å². The van der Waals surface area contributed by atoms with Crippen molar-refractivity contribution in [2.24, 2.45) is 10.9 Å². The van der Waals surface area contributed by atoms with E-state index in [-0.39, 0.29) is 41.2 Å². The van der Waals surface area contributed by atoms with Gasteiger partial charge >= 0.3 is 12.1 Å². The number of amides is 2. The maximum absolute atomic E-state index is 12.6. The van der Waals surface area contributed by atoms with Crippen LogP contribution in [0.4, 0.5) is 4.79 Å². The van der Waals surface area contributed by atoms with E-state index in [1.807, 2.05) is 16.9 Å². The lowest BCUT2D eigenvalue weighted by atomic mass is 9.96. The number of hydrazone groups is 1. The molecule has 1 saturated heterocycles. The van der Waals surface area contributed by atoms with E-state index in [0.29, 0.717) is 6.42 Å². The first kappa shape index (κ1) is 30.5. The zero-order valence-electron chi connectivity index (χ0n) is 20.8. The van der Waals surface area contributed by atoms with Gasteiger partial charge in [-0.05, 0) is 25.0 Å². The minimum Gasteiger partial charge on any atom is -0.480 e. The zero-order valence-corrected chi connectivity index (χ0v) is 22.4. The molecule has 1 fully saturated rings. The summed E-state index contributed by atoms with van der Waals surface area (Å²) in [5, 5.41) is 18.9. The molecule has 38 heavy (non-hydrogen) atoms. The number of hydrogen-bond donors (Lipinski definition) is 4. The highest BCUT2D eigenvalue weighted by molar-refractivity contribution is 7.89. The van der Waals surface area contributed by atoms with Crippen molar-refractivity contribution in [1.29, 1.82) is 0 Å². The summed E-state index contributed by atoms with van der Waals surface area (Å²) in [6, 6.07) is 5.18. The molecule has 2 amide bonds. The Hall–Kier alpha value is -3.69. The average Bonchev–Trinajstić information content (AvgIpc) is 3.18. The van der Waals surface area contributed by atoms with Gasteiger partial charge in [-0.15, -0.1) is 12.4 Å². The minimum absolute atomic E-state index is 0. The smallest absolute Gasteiger partial charge is 0.410 e. The molecule has 2 heterocycles. The van der Waals surface area contributed by atoms with Crippen LogP contribution in [-0.2, 0) is 24.3 Å². The van der Waals surface area contributed by atoms with Crippen LogP contribution in [0.2, 0.25) is 0 Å². The number of aryl methyl sites for hydroxylation is 2. The van der Waals surface area contributed by atoms with Crippen molar-refractivity contribution < 1.29 is 37.2 Å². The van der Waals surface area contributed by atoms with Crippen molar-refractivity contribution in [3.05, 3.63) is 46.8 Å². The van der Waals surface area contributed by atoms with E-state index in [0.717, 1.165) is 11.1 Å². The van der Waals surface area contributed by atoms with Crippen LogP contribution in [0.5, 0.6) is 0 Å². The molecule has 16 heteroatoms. The number of nitrogens with one attached hydrogen (secondary N) is 2. The Balaban J connectivity index is 0.00000507. The predicted octanol–water partition coefficient (Wildman–Crippen LogP) is 0.826. The van der Waals surface area contributed by atoms with Crippen LogP contribution in [0.3, 0.4) is 0 Å². The molecule has 1 aromatic carbocycles. The summed E-state index contributed by atoms with van der Waals surface area (Å²) < 4.78 is 37.5. The van der Waals surface area contributed by atoms with Crippen molar-refractivity contribution >= 4 is 46.6 Å².